The number of sulfonamides is 1. The Hall–Kier alpha value is -2.28. The normalized spacial score (nSPS) is 11.3. The van der Waals surface area contributed by atoms with Gasteiger partial charge in [-0.25, -0.2) is 13.2 Å². The minimum absolute atomic E-state index is 0.285. The van der Waals surface area contributed by atoms with E-state index < -0.39 is 16.0 Å². The number of rotatable bonds is 5. The van der Waals surface area contributed by atoms with Crippen molar-refractivity contribution in [1.82, 2.24) is 4.98 Å². The van der Waals surface area contributed by atoms with Gasteiger partial charge in [0, 0.05) is 10.9 Å². The second kappa shape index (κ2) is 5.61. The molecule has 0 aliphatic carbocycles. The molecule has 0 saturated carbocycles. The summed E-state index contributed by atoms with van der Waals surface area (Å²) in [6.45, 7) is 5.67. The van der Waals surface area contributed by atoms with Gasteiger partial charge < -0.3 is 9.72 Å². The van der Waals surface area contributed by atoms with Crippen LogP contribution in [-0.2, 0) is 14.8 Å². The molecule has 0 unspecified atom stereocenters. The largest absolute Gasteiger partial charge is 0.461 e. The van der Waals surface area contributed by atoms with Crippen molar-refractivity contribution in [2.45, 2.75) is 6.92 Å². The number of esters is 1. The highest BCUT2D eigenvalue weighted by Crippen LogP contribution is 2.26. The van der Waals surface area contributed by atoms with Crippen LogP contribution in [0.5, 0.6) is 0 Å². The van der Waals surface area contributed by atoms with Gasteiger partial charge in [0.05, 0.1) is 18.6 Å². The van der Waals surface area contributed by atoms with Crippen LogP contribution < -0.4 is 4.72 Å². The molecule has 0 fully saturated rings. The summed E-state index contributed by atoms with van der Waals surface area (Å²) in [4.78, 5) is 14.6. The minimum Gasteiger partial charge on any atom is -0.461 e. The standard InChI is InChI=1S/C14H16N2O4S/c1-4-9-6-10-7-13(14(17)20-5-2)15-11(10)8-12(9)16-21(3,18)19/h4,6-8,15-16H,1,5H2,2-3H3. The molecule has 1 aromatic carbocycles. The van der Waals surface area contributed by atoms with Crippen LogP contribution in [0.3, 0.4) is 0 Å². The molecule has 0 aliphatic rings. The molecule has 2 rings (SSSR count). The molecule has 21 heavy (non-hydrogen) atoms. The first-order chi connectivity index (χ1) is 9.84. The van der Waals surface area contributed by atoms with Crippen LogP contribution in [0.15, 0.2) is 24.8 Å². The maximum Gasteiger partial charge on any atom is 0.354 e. The number of carbonyl (C=O) groups excluding carboxylic acids is 1. The fourth-order valence-electron chi connectivity index (χ4n) is 1.97. The van der Waals surface area contributed by atoms with Crippen molar-refractivity contribution in [3.8, 4) is 0 Å². The number of aromatic nitrogens is 1. The molecule has 1 heterocycles. The Morgan fingerprint density at radius 1 is 1.43 bits per heavy atom. The molecule has 1 aromatic heterocycles. The number of ether oxygens (including phenoxy) is 1. The molecule has 112 valence electrons. The number of carbonyl (C=O) groups is 1. The number of hydrogen-bond acceptors (Lipinski definition) is 4. The third-order valence-electron chi connectivity index (χ3n) is 2.80. The van der Waals surface area contributed by atoms with Crippen LogP contribution in [0.4, 0.5) is 5.69 Å². The lowest BCUT2D eigenvalue weighted by Gasteiger charge is -2.08. The van der Waals surface area contributed by atoms with Crippen LogP contribution >= 0.6 is 0 Å². The summed E-state index contributed by atoms with van der Waals surface area (Å²) in [5, 5.41) is 0.770. The van der Waals surface area contributed by atoms with Gasteiger partial charge in [-0.15, -0.1) is 0 Å². The smallest absolute Gasteiger partial charge is 0.354 e. The maximum atomic E-state index is 11.7. The first-order valence-corrected chi connectivity index (χ1v) is 8.17. The number of H-pyrrole nitrogens is 1. The topological polar surface area (TPSA) is 88.3 Å². The number of hydrogen-bond donors (Lipinski definition) is 2. The summed E-state index contributed by atoms with van der Waals surface area (Å²) in [7, 11) is -3.40. The zero-order chi connectivity index (χ0) is 15.6. The molecule has 0 amide bonds. The zero-order valence-corrected chi connectivity index (χ0v) is 12.6. The van der Waals surface area contributed by atoms with Crippen LogP contribution in [0.25, 0.3) is 17.0 Å². The summed E-state index contributed by atoms with van der Waals surface area (Å²) < 4.78 is 30.1. The van der Waals surface area contributed by atoms with E-state index in [0.29, 0.717) is 22.5 Å². The highest BCUT2D eigenvalue weighted by Gasteiger charge is 2.13. The molecule has 0 saturated heterocycles. The molecule has 0 aliphatic heterocycles. The number of benzene rings is 1. The Balaban J connectivity index is 2.52. The lowest BCUT2D eigenvalue weighted by molar-refractivity contribution is 0.0520. The number of aromatic amines is 1. The van der Waals surface area contributed by atoms with Crippen LogP contribution in [-0.4, -0.2) is 32.2 Å². The van der Waals surface area contributed by atoms with Crippen molar-refractivity contribution in [2.75, 3.05) is 17.6 Å². The summed E-state index contributed by atoms with van der Waals surface area (Å²) in [5.41, 5.74) is 1.98. The van der Waals surface area contributed by atoms with Gasteiger partial charge in [0.25, 0.3) is 0 Å². The molecule has 7 heteroatoms. The minimum atomic E-state index is -3.40. The van der Waals surface area contributed by atoms with Crippen molar-refractivity contribution < 1.29 is 17.9 Å². The molecular weight excluding hydrogens is 292 g/mol. The van der Waals surface area contributed by atoms with Gasteiger partial charge in [-0.05, 0) is 30.7 Å². The van der Waals surface area contributed by atoms with Gasteiger partial charge in [-0.3, -0.25) is 4.72 Å². The molecular formula is C14H16N2O4S. The van der Waals surface area contributed by atoms with Crippen LogP contribution in [0.1, 0.15) is 23.0 Å². The van der Waals surface area contributed by atoms with Crippen molar-refractivity contribution in [3.63, 3.8) is 0 Å². The van der Waals surface area contributed by atoms with E-state index in [1.54, 1.807) is 31.2 Å². The number of fused-ring (bicyclic) bond motifs is 1. The van der Waals surface area contributed by atoms with Crippen molar-refractivity contribution in [3.05, 3.63) is 36.0 Å². The number of anilines is 1. The average molecular weight is 308 g/mol. The molecule has 6 nitrogen and oxygen atoms in total. The van der Waals surface area contributed by atoms with E-state index in [1.165, 1.54) is 0 Å². The van der Waals surface area contributed by atoms with E-state index in [-0.39, 0.29) is 6.61 Å². The predicted octanol–water partition coefficient (Wildman–Crippen LogP) is 2.36. The summed E-state index contributed by atoms with van der Waals surface area (Å²) in [6, 6.07) is 5.02. The molecule has 0 bridgehead atoms. The average Bonchev–Trinajstić information content (AvgIpc) is 2.79. The van der Waals surface area contributed by atoms with E-state index in [1.807, 2.05) is 0 Å². The Morgan fingerprint density at radius 2 is 2.14 bits per heavy atom. The summed E-state index contributed by atoms with van der Waals surface area (Å²) in [6.07, 6.45) is 2.62. The second-order valence-corrected chi connectivity index (χ2v) is 6.26. The fourth-order valence-corrected chi connectivity index (χ4v) is 2.55. The maximum absolute atomic E-state index is 11.7. The monoisotopic (exact) mass is 308 g/mol. The Morgan fingerprint density at radius 3 is 2.71 bits per heavy atom. The van der Waals surface area contributed by atoms with E-state index >= 15 is 0 Å². The van der Waals surface area contributed by atoms with Gasteiger partial charge >= 0.3 is 5.97 Å². The van der Waals surface area contributed by atoms with E-state index in [9.17, 15) is 13.2 Å². The predicted molar refractivity (Wildman–Crippen MR) is 82.8 cm³/mol. The first kappa shape index (κ1) is 15.1. The molecule has 0 spiro atoms. The van der Waals surface area contributed by atoms with Crippen LogP contribution in [0.2, 0.25) is 0 Å². The van der Waals surface area contributed by atoms with Gasteiger partial charge in [0.2, 0.25) is 10.0 Å². The van der Waals surface area contributed by atoms with Crippen LogP contribution in [0, 0.1) is 0 Å². The second-order valence-electron chi connectivity index (χ2n) is 4.51. The first-order valence-electron chi connectivity index (χ1n) is 6.28. The van der Waals surface area contributed by atoms with Gasteiger partial charge in [-0.1, -0.05) is 12.7 Å². The summed E-state index contributed by atoms with van der Waals surface area (Å²) >= 11 is 0. The Bertz CT molecular complexity index is 806. The van der Waals surface area contributed by atoms with Crippen molar-refractivity contribution in [2.24, 2.45) is 0 Å². The van der Waals surface area contributed by atoms with E-state index in [2.05, 4.69) is 16.3 Å². The summed E-state index contributed by atoms with van der Waals surface area (Å²) in [5.74, 6) is -0.452. The Labute approximate surface area is 122 Å². The van der Waals surface area contributed by atoms with E-state index in [0.717, 1.165) is 11.6 Å². The lowest BCUT2D eigenvalue weighted by atomic mass is 10.1. The Kier molecular flexibility index (Phi) is 4.04. The van der Waals surface area contributed by atoms with Crippen molar-refractivity contribution in [1.29, 1.82) is 0 Å². The quantitative estimate of drug-likeness (QED) is 0.830. The molecule has 0 atom stereocenters. The van der Waals surface area contributed by atoms with E-state index in [4.69, 9.17) is 4.74 Å². The lowest BCUT2D eigenvalue weighted by Crippen LogP contribution is -2.10. The fraction of sp³-hybridized carbons (Fsp3) is 0.214. The zero-order valence-electron chi connectivity index (χ0n) is 11.8. The number of nitrogens with one attached hydrogen (secondary N) is 2. The third kappa shape index (κ3) is 3.43. The van der Waals surface area contributed by atoms with Gasteiger partial charge in [-0.2, -0.15) is 0 Å². The SMILES string of the molecule is C=Cc1cc2cc(C(=O)OCC)[nH]c2cc1NS(C)(=O)=O. The van der Waals surface area contributed by atoms with Crippen molar-refractivity contribution >= 4 is 38.7 Å². The molecule has 2 aromatic rings. The van der Waals surface area contributed by atoms with Gasteiger partial charge in [0.1, 0.15) is 5.69 Å². The third-order valence-corrected chi connectivity index (χ3v) is 3.39. The molecule has 2 N–H and O–H groups in total. The van der Waals surface area contributed by atoms with Gasteiger partial charge in [0.15, 0.2) is 0 Å². The highest BCUT2D eigenvalue weighted by molar-refractivity contribution is 7.92. The highest BCUT2D eigenvalue weighted by atomic mass is 32.2. The molecule has 0 radical (unpaired) electrons.